The number of nitrogens with one attached hydrogen (secondary N) is 4. The van der Waals surface area contributed by atoms with Gasteiger partial charge in [0.1, 0.15) is 5.69 Å². The number of aromatic amines is 2. The molecule has 0 atom stereocenters. The second-order valence-electron chi connectivity index (χ2n) is 6.02. The zero-order valence-electron chi connectivity index (χ0n) is 14.9. The van der Waals surface area contributed by atoms with Gasteiger partial charge in [-0.2, -0.15) is 0 Å². The number of benzene rings is 2. The van der Waals surface area contributed by atoms with E-state index in [1.165, 1.54) is 24.3 Å². The Hall–Kier alpha value is -3.37. The van der Waals surface area contributed by atoms with Crippen molar-refractivity contribution in [2.75, 3.05) is 10.0 Å². The minimum absolute atomic E-state index is 0.0744. The molecule has 3 rings (SSSR count). The fraction of sp³-hybridized carbons (Fsp3) is 0.0556. The van der Waals surface area contributed by atoms with Crippen molar-refractivity contribution in [2.24, 2.45) is 0 Å². The molecule has 0 bridgehead atoms. The third-order valence-electron chi connectivity index (χ3n) is 3.86. The molecule has 3 aromatic rings. The lowest BCUT2D eigenvalue weighted by molar-refractivity contribution is 0.102. The summed E-state index contributed by atoms with van der Waals surface area (Å²) in [5, 5.41) is 2.68. The number of sulfonamides is 1. The fourth-order valence-corrected chi connectivity index (χ4v) is 4.09. The normalized spacial score (nSPS) is 11.1. The average molecular weight is 435 g/mol. The second kappa shape index (κ2) is 7.94. The predicted octanol–water partition coefficient (Wildman–Crippen LogP) is 2.08. The second-order valence-corrected chi connectivity index (χ2v) is 8.08. The molecule has 1 heterocycles. The summed E-state index contributed by atoms with van der Waals surface area (Å²) in [7, 11) is -4.00. The van der Waals surface area contributed by atoms with Gasteiger partial charge >= 0.3 is 5.69 Å². The van der Waals surface area contributed by atoms with Crippen LogP contribution in [0.2, 0.25) is 5.02 Å². The molecule has 0 spiro atoms. The number of halogens is 1. The van der Waals surface area contributed by atoms with Gasteiger partial charge in [-0.25, -0.2) is 13.2 Å². The molecular weight excluding hydrogens is 420 g/mol. The summed E-state index contributed by atoms with van der Waals surface area (Å²) in [5.74, 6) is -0.778. The van der Waals surface area contributed by atoms with E-state index in [1.54, 1.807) is 25.1 Å². The Kier molecular flexibility index (Phi) is 5.57. The van der Waals surface area contributed by atoms with E-state index in [2.05, 4.69) is 15.0 Å². The fourth-order valence-electron chi connectivity index (χ4n) is 2.50. The van der Waals surface area contributed by atoms with Gasteiger partial charge in [0.15, 0.2) is 0 Å². The van der Waals surface area contributed by atoms with Crippen LogP contribution in [0.25, 0.3) is 0 Å². The third-order valence-corrected chi connectivity index (χ3v) is 5.70. The number of aryl methyl sites for hydroxylation is 1. The van der Waals surface area contributed by atoms with E-state index in [9.17, 15) is 22.8 Å². The van der Waals surface area contributed by atoms with Crippen LogP contribution in [0.3, 0.4) is 0 Å². The quantitative estimate of drug-likeness (QED) is 0.486. The number of H-pyrrole nitrogens is 2. The monoisotopic (exact) mass is 434 g/mol. The number of rotatable bonds is 5. The molecule has 0 fully saturated rings. The van der Waals surface area contributed by atoms with E-state index in [4.69, 9.17) is 11.6 Å². The lowest BCUT2D eigenvalue weighted by Gasteiger charge is -2.13. The van der Waals surface area contributed by atoms with E-state index in [-0.39, 0.29) is 27.0 Å². The third kappa shape index (κ3) is 4.73. The van der Waals surface area contributed by atoms with Crippen LogP contribution in [0.1, 0.15) is 16.1 Å². The first-order chi connectivity index (χ1) is 13.7. The van der Waals surface area contributed by atoms with Gasteiger partial charge in [-0.1, -0.05) is 29.8 Å². The van der Waals surface area contributed by atoms with E-state index >= 15 is 0 Å². The van der Waals surface area contributed by atoms with Gasteiger partial charge in [-0.05, 0) is 36.8 Å². The maximum absolute atomic E-state index is 12.8. The SMILES string of the molecule is Cc1ccc(NC(=O)c2cc(=O)[nH]c(=O)[nH]2)cc1S(=O)(=O)Nc1ccccc1Cl. The van der Waals surface area contributed by atoms with Crippen molar-refractivity contribution in [1.29, 1.82) is 0 Å². The van der Waals surface area contributed by atoms with Crippen molar-refractivity contribution in [3.8, 4) is 0 Å². The molecule has 9 nitrogen and oxygen atoms in total. The maximum atomic E-state index is 12.8. The van der Waals surface area contributed by atoms with E-state index in [0.29, 0.717) is 5.56 Å². The molecule has 1 amide bonds. The van der Waals surface area contributed by atoms with Gasteiger partial charge in [0, 0.05) is 11.8 Å². The topological polar surface area (TPSA) is 141 Å². The van der Waals surface area contributed by atoms with Crippen molar-refractivity contribution in [1.82, 2.24) is 9.97 Å². The van der Waals surface area contributed by atoms with Crippen molar-refractivity contribution in [3.05, 3.63) is 85.6 Å². The van der Waals surface area contributed by atoms with Crippen LogP contribution < -0.4 is 21.3 Å². The number of amides is 1. The van der Waals surface area contributed by atoms with Gasteiger partial charge in [-0.15, -0.1) is 0 Å². The summed E-state index contributed by atoms with van der Waals surface area (Å²) in [6, 6.07) is 11.6. The highest BCUT2D eigenvalue weighted by atomic mass is 35.5. The summed E-state index contributed by atoms with van der Waals surface area (Å²) in [4.78, 5) is 39.0. The summed E-state index contributed by atoms with van der Waals surface area (Å²) in [5.41, 5.74) is -1.04. The standard InChI is InChI=1S/C18H15ClN4O5S/c1-10-6-7-11(20-17(25)14-9-16(24)22-18(26)21-14)8-15(10)29(27,28)23-13-5-3-2-4-12(13)19/h2-9,23H,1H3,(H,20,25)(H2,21,22,24,26). The highest BCUT2D eigenvalue weighted by molar-refractivity contribution is 7.92. The zero-order valence-corrected chi connectivity index (χ0v) is 16.5. The molecule has 0 saturated heterocycles. The summed E-state index contributed by atoms with van der Waals surface area (Å²) in [6.07, 6.45) is 0. The molecule has 4 N–H and O–H groups in total. The molecule has 2 aromatic carbocycles. The summed E-state index contributed by atoms with van der Waals surface area (Å²) < 4.78 is 28.0. The average Bonchev–Trinajstić information content (AvgIpc) is 2.64. The first kappa shape index (κ1) is 20.4. The van der Waals surface area contributed by atoms with Gasteiger partial charge < -0.3 is 10.3 Å². The van der Waals surface area contributed by atoms with Crippen molar-refractivity contribution >= 4 is 38.9 Å². The van der Waals surface area contributed by atoms with Crippen LogP contribution in [0.5, 0.6) is 0 Å². The zero-order chi connectivity index (χ0) is 21.2. The van der Waals surface area contributed by atoms with Crippen LogP contribution in [0, 0.1) is 6.92 Å². The Bertz CT molecular complexity index is 1290. The summed E-state index contributed by atoms with van der Waals surface area (Å²) >= 11 is 6.01. The van der Waals surface area contributed by atoms with E-state index in [0.717, 1.165) is 6.07 Å². The molecule has 150 valence electrons. The van der Waals surface area contributed by atoms with Crippen molar-refractivity contribution < 1.29 is 13.2 Å². The number of aromatic nitrogens is 2. The summed E-state index contributed by atoms with van der Waals surface area (Å²) in [6.45, 7) is 1.60. The number of hydrogen-bond donors (Lipinski definition) is 4. The molecule has 0 unspecified atom stereocenters. The highest BCUT2D eigenvalue weighted by Crippen LogP contribution is 2.26. The largest absolute Gasteiger partial charge is 0.326 e. The number of carbonyl (C=O) groups excluding carboxylic acids is 1. The first-order valence-electron chi connectivity index (χ1n) is 8.19. The van der Waals surface area contributed by atoms with Crippen molar-refractivity contribution in [3.63, 3.8) is 0 Å². The first-order valence-corrected chi connectivity index (χ1v) is 10.0. The molecule has 11 heteroatoms. The number of hydrogen-bond acceptors (Lipinski definition) is 5. The number of para-hydroxylation sites is 1. The van der Waals surface area contributed by atoms with Crippen LogP contribution in [0.4, 0.5) is 11.4 Å². The van der Waals surface area contributed by atoms with Crippen LogP contribution >= 0.6 is 11.6 Å². The minimum atomic E-state index is -4.00. The van der Waals surface area contributed by atoms with Crippen LogP contribution in [0.15, 0.2) is 63.0 Å². The lowest BCUT2D eigenvalue weighted by Crippen LogP contribution is -2.27. The van der Waals surface area contributed by atoms with Gasteiger partial charge in [0.05, 0.1) is 15.6 Å². The van der Waals surface area contributed by atoms with Crippen LogP contribution in [-0.4, -0.2) is 24.3 Å². The van der Waals surface area contributed by atoms with Gasteiger partial charge in [-0.3, -0.25) is 19.3 Å². The minimum Gasteiger partial charge on any atom is -0.321 e. The molecule has 0 aliphatic carbocycles. The lowest BCUT2D eigenvalue weighted by atomic mass is 10.2. The molecule has 29 heavy (non-hydrogen) atoms. The van der Waals surface area contributed by atoms with E-state index in [1.807, 2.05) is 4.98 Å². The molecule has 0 aliphatic heterocycles. The molecule has 0 saturated carbocycles. The molecule has 1 aromatic heterocycles. The highest BCUT2D eigenvalue weighted by Gasteiger charge is 2.19. The van der Waals surface area contributed by atoms with Crippen LogP contribution in [-0.2, 0) is 10.0 Å². The molecular formula is C18H15ClN4O5S. The predicted molar refractivity (Wildman–Crippen MR) is 109 cm³/mol. The Balaban J connectivity index is 1.91. The Morgan fingerprint density at radius 2 is 1.76 bits per heavy atom. The molecule has 0 radical (unpaired) electrons. The van der Waals surface area contributed by atoms with Gasteiger partial charge in [0.25, 0.3) is 21.5 Å². The number of anilines is 2. The smallest absolute Gasteiger partial charge is 0.321 e. The Labute approximate surface area is 169 Å². The number of carbonyl (C=O) groups is 1. The maximum Gasteiger partial charge on any atom is 0.326 e. The van der Waals surface area contributed by atoms with Gasteiger partial charge in [0.2, 0.25) is 0 Å². The Morgan fingerprint density at radius 3 is 2.45 bits per heavy atom. The molecule has 0 aliphatic rings. The van der Waals surface area contributed by atoms with E-state index < -0.39 is 27.2 Å². The Morgan fingerprint density at radius 1 is 1.03 bits per heavy atom. The van der Waals surface area contributed by atoms with Crippen molar-refractivity contribution in [2.45, 2.75) is 11.8 Å².